The Morgan fingerprint density at radius 1 is 1.23 bits per heavy atom. The zero-order valence-electron chi connectivity index (χ0n) is 11.9. The van der Waals surface area contributed by atoms with Crippen molar-refractivity contribution in [2.45, 2.75) is 12.1 Å². The van der Waals surface area contributed by atoms with Gasteiger partial charge in [0.05, 0.1) is 25.7 Å². The predicted molar refractivity (Wildman–Crippen MR) is 89.5 cm³/mol. The normalized spacial score (nSPS) is 17.8. The van der Waals surface area contributed by atoms with Crippen molar-refractivity contribution in [1.82, 2.24) is 4.90 Å². The van der Waals surface area contributed by atoms with Crippen molar-refractivity contribution in [2.75, 3.05) is 32.8 Å². The molecule has 0 saturated carbocycles. The standard InChI is InChI=1S/C14H18F3N3O.HI/c15-14(16,17)12(11-4-2-1-3-5-11)10-19-13(18)20-6-8-21-9-7-20;/h1-5,12H,6-10H2,(H2,18,19);1H. The van der Waals surface area contributed by atoms with E-state index in [1.54, 1.807) is 23.1 Å². The summed E-state index contributed by atoms with van der Waals surface area (Å²) in [5, 5.41) is 0. The molecule has 1 unspecified atom stereocenters. The number of nitrogens with two attached hydrogens (primary N) is 1. The summed E-state index contributed by atoms with van der Waals surface area (Å²) in [6, 6.07) is 7.77. The number of nitrogens with zero attached hydrogens (tertiary/aromatic N) is 2. The van der Waals surface area contributed by atoms with Gasteiger partial charge >= 0.3 is 6.18 Å². The number of alkyl halides is 3. The number of halogens is 4. The van der Waals surface area contributed by atoms with Gasteiger partial charge in [-0.3, -0.25) is 4.99 Å². The lowest BCUT2D eigenvalue weighted by molar-refractivity contribution is -0.148. The highest BCUT2D eigenvalue weighted by Crippen LogP contribution is 2.34. The number of ether oxygens (including phenoxy) is 1. The van der Waals surface area contributed by atoms with Crippen LogP contribution in [0.5, 0.6) is 0 Å². The first-order chi connectivity index (χ1) is 9.98. The second kappa shape index (κ2) is 8.56. The van der Waals surface area contributed by atoms with Gasteiger partial charge < -0.3 is 15.4 Å². The largest absolute Gasteiger partial charge is 0.397 e. The highest BCUT2D eigenvalue weighted by molar-refractivity contribution is 14.0. The van der Waals surface area contributed by atoms with Gasteiger partial charge in [-0.05, 0) is 5.56 Å². The Kier molecular flexibility index (Phi) is 7.40. The molecular formula is C14H19F3IN3O. The van der Waals surface area contributed by atoms with Crippen molar-refractivity contribution < 1.29 is 17.9 Å². The minimum Gasteiger partial charge on any atom is -0.378 e. The van der Waals surface area contributed by atoms with Crippen molar-refractivity contribution in [2.24, 2.45) is 10.7 Å². The Hall–Kier alpha value is -1.03. The third kappa shape index (κ3) is 5.31. The molecule has 22 heavy (non-hydrogen) atoms. The summed E-state index contributed by atoms with van der Waals surface area (Å²) in [5.41, 5.74) is 5.97. The van der Waals surface area contributed by atoms with Crippen LogP contribution in [0.3, 0.4) is 0 Å². The summed E-state index contributed by atoms with van der Waals surface area (Å²) in [5.74, 6) is -1.50. The van der Waals surface area contributed by atoms with Crippen molar-refractivity contribution in [3.8, 4) is 0 Å². The van der Waals surface area contributed by atoms with Crippen LogP contribution in [0, 0.1) is 0 Å². The van der Waals surface area contributed by atoms with Crippen molar-refractivity contribution in [1.29, 1.82) is 0 Å². The summed E-state index contributed by atoms with van der Waals surface area (Å²) < 4.78 is 44.6. The molecule has 8 heteroatoms. The fourth-order valence-corrected chi connectivity index (χ4v) is 2.16. The highest BCUT2D eigenvalue weighted by Gasteiger charge is 2.40. The summed E-state index contributed by atoms with van der Waals surface area (Å²) in [6.45, 7) is 1.72. The Balaban J connectivity index is 0.00000242. The van der Waals surface area contributed by atoms with Crippen LogP contribution in [-0.4, -0.2) is 49.9 Å². The molecular weight excluding hydrogens is 410 g/mol. The highest BCUT2D eigenvalue weighted by atomic mass is 127. The van der Waals surface area contributed by atoms with Gasteiger partial charge in [0.2, 0.25) is 0 Å². The van der Waals surface area contributed by atoms with Gasteiger partial charge in [-0.1, -0.05) is 30.3 Å². The number of hydrogen-bond acceptors (Lipinski definition) is 2. The topological polar surface area (TPSA) is 50.8 Å². The first-order valence-corrected chi connectivity index (χ1v) is 6.73. The van der Waals surface area contributed by atoms with Crippen LogP contribution in [0.25, 0.3) is 0 Å². The van der Waals surface area contributed by atoms with Gasteiger partial charge in [-0.15, -0.1) is 24.0 Å². The first-order valence-electron chi connectivity index (χ1n) is 6.73. The molecule has 0 bridgehead atoms. The average molecular weight is 429 g/mol. The second-order valence-corrected chi connectivity index (χ2v) is 4.80. The molecule has 1 aromatic carbocycles. The molecule has 1 atom stereocenters. The fraction of sp³-hybridized carbons (Fsp3) is 0.500. The smallest absolute Gasteiger partial charge is 0.378 e. The van der Waals surface area contributed by atoms with E-state index in [1.165, 1.54) is 12.1 Å². The summed E-state index contributed by atoms with van der Waals surface area (Å²) in [7, 11) is 0. The molecule has 1 saturated heterocycles. The maximum atomic E-state index is 13.2. The molecule has 2 N–H and O–H groups in total. The van der Waals surface area contributed by atoms with Crippen LogP contribution in [-0.2, 0) is 4.74 Å². The predicted octanol–water partition coefficient (Wildman–Crippen LogP) is 2.60. The Bertz CT molecular complexity index is 476. The van der Waals surface area contributed by atoms with E-state index in [0.717, 1.165) is 0 Å². The number of benzene rings is 1. The molecule has 1 heterocycles. The van der Waals surface area contributed by atoms with Crippen LogP contribution in [0.4, 0.5) is 13.2 Å². The van der Waals surface area contributed by atoms with Crippen LogP contribution in [0.1, 0.15) is 11.5 Å². The summed E-state index contributed by atoms with van der Waals surface area (Å²) >= 11 is 0. The minimum atomic E-state index is -4.35. The molecule has 1 aliphatic heterocycles. The minimum absolute atomic E-state index is 0. The monoisotopic (exact) mass is 429 g/mol. The molecule has 0 aromatic heterocycles. The fourth-order valence-electron chi connectivity index (χ4n) is 2.16. The lowest BCUT2D eigenvalue weighted by Gasteiger charge is -2.28. The van der Waals surface area contributed by atoms with Crippen LogP contribution in [0.2, 0.25) is 0 Å². The summed E-state index contributed by atoms with van der Waals surface area (Å²) in [6.07, 6.45) is -4.35. The van der Waals surface area contributed by atoms with Gasteiger partial charge in [0.25, 0.3) is 0 Å². The molecule has 0 spiro atoms. The quantitative estimate of drug-likeness (QED) is 0.457. The maximum Gasteiger partial charge on any atom is 0.397 e. The van der Waals surface area contributed by atoms with E-state index < -0.39 is 18.6 Å². The van der Waals surface area contributed by atoms with Crippen molar-refractivity contribution >= 4 is 29.9 Å². The maximum absolute atomic E-state index is 13.2. The van der Waals surface area contributed by atoms with Gasteiger partial charge in [0.1, 0.15) is 0 Å². The molecule has 0 amide bonds. The van der Waals surface area contributed by atoms with Gasteiger partial charge in [0.15, 0.2) is 5.96 Å². The number of aliphatic imine (C=N–C) groups is 1. The second-order valence-electron chi connectivity index (χ2n) is 4.80. The molecule has 1 aromatic rings. The van der Waals surface area contributed by atoms with Crippen LogP contribution >= 0.6 is 24.0 Å². The number of guanidine groups is 1. The molecule has 0 radical (unpaired) electrons. The molecule has 0 aliphatic carbocycles. The van der Waals surface area contributed by atoms with Gasteiger partial charge in [0, 0.05) is 13.1 Å². The third-order valence-electron chi connectivity index (χ3n) is 3.37. The Labute approximate surface area is 144 Å². The SMILES string of the molecule is I.NC(=NCC(c1ccccc1)C(F)(F)F)N1CCOCC1. The third-order valence-corrected chi connectivity index (χ3v) is 3.37. The van der Waals surface area contributed by atoms with E-state index >= 15 is 0 Å². The number of rotatable bonds is 3. The Morgan fingerprint density at radius 2 is 1.82 bits per heavy atom. The number of morpholine rings is 1. The van der Waals surface area contributed by atoms with Crippen molar-refractivity contribution in [3.63, 3.8) is 0 Å². The summed E-state index contributed by atoms with van der Waals surface area (Å²) in [4.78, 5) is 5.67. The molecule has 4 nitrogen and oxygen atoms in total. The van der Waals surface area contributed by atoms with Gasteiger partial charge in [-0.25, -0.2) is 0 Å². The molecule has 124 valence electrons. The molecule has 1 fully saturated rings. The average Bonchev–Trinajstić information content (AvgIpc) is 2.48. The van der Waals surface area contributed by atoms with E-state index in [4.69, 9.17) is 10.5 Å². The van der Waals surface area contributed by atoms with E-state index in [1.807, 2.05) is 0 Å². The zero-order chi connectivity index (χ0) is 15.3. The van der Waals surface area contributed by atoms with Crippen molar-refractivity contribution in [3.05, 3.63) is 35.9 Å². The van der Waals surface area contributed by atoms with Gasteiger partial charge in [-0.2, -0.15) is 13.2 Å². The zero-order valence-corrected chi connectivity index (χ0v) is 14.3. The molecule has 2 rings (SSSR count). The van der Waals surface area contributed by atoms with Crippen LogP contribution < -0.4 is 5.73 Å². The van der Waals surface area contributed by atoms with E-state index in [0.29, 0.717) is 26.3 Å². The van der Waals surface area contributed by atoms with Crippen LogP contribution in [0.15, 0.2) is 35.3 Å². The van der Waals surface area contributed by atoms with E-state index in [-0.39, 0.29) is 35.5 Å². The molecule has 1 aliphatic rings. The lowest BCUT2D eigenvalue weighted by Crippen LogP contribution is -2.45. The first kappa shape index (κ1) is 19.0. The lowest BCUT2D eigenvalue weighted by atomic mass is 9.99. The Morgan fingerprint density at radius 3 is 2.36 bits per heavy atom. The number of hydrogen-bond donors (Lipinski definition) is 1. The van der Waals surface area contributed by atoms with E-state index in [2.05, 4.69) is 4.99 Å². The van der Waals surface area contributed by atoms with E-state index in [9.17, 15) is 13.2 Å².